The van der Waals surface area contributed by atoms with E-state index in [4.69, 9.17) is 5.11 Å². The molecule has 0 bridgehead atoms. The number of aryl methyl sites for hydroxylation is 1. The van der Waals surface area contributed by atoms with E-state index in [1.807, 2.05) is 0 Å². The van der Waals surface area contributed by atoms with Gasteiger partial charge < -0.3 is 21.5 Å². The molecule has 0 fully saturated rings. The van der Waals surface area contributed by atoms with Crippen molar-refractivity contribution in [2.75, 3.05) is 0 Å². The molecule has 0 atom stereocenters. The molecule has 1 heterocycles. The molecule has 0 aliphatic carbocycles. The van der Waals surface area contributed by atoms with E-state index in [9.17, 15) is 4.79 Å². The molecule has 1 rings (SSSR count). The van der Waals surface area contributed by atoms with Gasteiger partial charge in [-0.2, -0.15) is 0 Å². The molecule has 2 N–H and O–H groups in total. The third-order valence-corrected chi connectivity index (χ3v) is 1.01. The Balaban J connectivity index is 0.000001000. The predicted molar refractivity (Wildman–Crippen MR) is 31.2 cm³/mol. The minimum Gasteiger partial charge on any atom is -0.481 e. The van der Waals surface area contributed by atoms with Gasteiger partial charge in [-0.15, -0.1) is 10.9 Å². The van der Waals surface area contributed by atoms with Crippen molar-refractivity contribution in [1.82, 2.24) is 15.4 Å². The summed E-state index contributed by atoms with van der Waals surface area (Å²) < 4.78 is 0. The van der Waals surface area contributed by atoms with E-state index in [2.05, 4.69) is 21.6 Å². The van der Waals surface area contributed by atoms with Crippen molar-refractivity contribution in [3.05, 3.63) is 11.9 Å². The summed E-state index contributed by atoms with van der Waals surface area (Å²) in [6.07, 6.45) is 3.00. The van der Waals surface area contributed by atoms with Crippen LogP contribution in [0.25, 0.3) is 0 Å². The van der Waals surface area contributed by atoms with Crippen LogP contribution >= 0.6 is 0 Å². The Morgan fingerprint density at radius 1 is 1.73 bits per heavy atom. The molecule has 0 aliphatic rings. The third kappa shape index (κ3) is 3.92. The number of aliphatic carboxylic acids is 1. The van der Waals surface area contributed by atoms with E-state index >= 15 is 0 Å². The molecule has 0 unspecified atom stereocenters. The second kappa shape index (κ2) is 5.06. The van der Waals surface area contributed by atoms with Gasteiger partial charge in [-0.25, -0.2) is 0 Å². The third-order valence-electron chi connectivity index (χ3n) is 1.01. The Labute approximate surface area is 78.7 Å². The van der Waals surface area contributed by atoms with Crippen molar-refractivity contribution < 1.29 is 32.3 Å². The summed E-state index contributed by atoms with van der Waals surface area (Å²) in [7, 11) is 0. The Morgan fingerprint density at radius 3 is 2.91 bits per heavy atom. The molecular weight excluding hydrogens is 331 g/mol. The average Bonchev–Trinajstić information content (AvgIpc) is 2.34. The predicted octanol–water partition coefficient (Wildman–Crippen LogP) is -0.380. The topological polar surface area (TPSA) is 78.9 Å². The van der Waals surface area contributed by atoms with Crippen molar-refractivity contribution in [3.63, 3.8) is 0 Å². The van der Waals surface area contributed by atoms with Gasteiger partial charge in [0.15, 0.2) is 0 Å². The zero-order valence-corrected chi connectivity index (χ0v) is 7.63. The van der Waals surface area contributed by atoms with Gasteiger partial charge >= 0.3 is 28.3 Å². The van der Waals surface area contributed by atoms with Crippen molar-refractivity contribution in [1.29, 1.82) is 0 Å². The minimum absolute atomic E-state index is 0. The van der Waals surface area contributed by atoms with Gasteiger partial charge in [0.05, 0.1) is 0 Å². The number of H-pyrrole nitrogens is 1. The van der Waals surface area contributed by atoms with Crippen LogP contribution in [0.5, 0.6) is 0 Å². The Kier molecular flexibility index (Phi) is 4.76. The maximum atomic E-state index is 10.0. The van der Waals surface area contributed by atoms with Gasteiger partial charge in [-0.05, 0) is 6.42 Å². The Hall–Kier alpha value is -0.650. The fourth-order valence-electron chi connectivity index (χ4n) is 0.539. The van der Waals surface area contributed by atoms with Crippen LogP contribution in [0.4, 0.5) is 0 Å². The van der Waals surface area contributed by atoms with E-state index in [1.54, 1.807) is 0 Å². The molecule has 5 nitrogen and oxygen atoms in total. The van der Waals surface area contributed by atoms with Gasteiger partial charge in [-0.3, -0.25) is 4.79 Å². The summed E-state index contributed by atoms with van der Waals surface area (Å²) in [5.74, 6) is -0.831. The van der Waals surface area contributed by atoms with Crippen LogP contribution in [0.2, 0.25) is 0 Å². The monoisotopic (exact) mass is 337 g/mol. The largest absolute Gasteiger partial charge is 1.00 e. The van der Waals surface area contributed by atoms with Gasteiger partial charge in [0.1, 0.15) is 0 Å². The molecule has 0 saturated heterocycles. The van der Waals surface area contributed by atoms with Crippen LogP contribution in [-0.2, 0) is 33.6 Å². The maximum absolute atomic E-state index is 10.0. The Bertz CT molecular complexity index is 212. The van der Waals surface area contributed by atoms with Gasteiger partial charge in [-0.1, -0.05) is 0 Å². The molecule has 0 spiro atoms. The van der Waals surface area contributed by atoms with Crippen molar-refractivity contribution in [2.24, 2.45) is 0 Å². The number of hydrogen-bond acceptors (Lipinski definition) is 3. The standard InChI is InChI=1S/C5H6N3O2.Au/c9-5(10)2-1-4-3-6-8-7-4;/h1-2H2,(H,9,10)(H,6,7,8);/q-1;+1. The molecule has 11 heavy (non-hydrogen) atoms. The van der Waals surface area contributed by atoms with Crippen LogP contribution in [0.15, 0.2) is 0 Å². The molecule has 64 valence electrons. The second-order valence-corrected chi connectivity index (χ2v) is 1.80. The van der Waals surface area contributed by atoms with Crippen molar-refractivity contribution in [2.45, 2.75) is 12.8 Å². The average molecular weight is 337 g/mol. The summed E-state index contributed by atoms with van der Waals surface area (Å²) in [5.41, 5.74) is 0.627. The van der Waals surface area contributed by atoms with Crippen LogP contribution in [-0.4, -0.2) is 26.5 Å². The minimum atomic E-state index is -0.831. The first-order valence-corrected chi connectivity index (χ1v) is 2.78. The molecule has 1 aromatic heterocycles. The van der Waals surface area contributed by atoms with Crippen molar-refractivity contribution >= 4 is 5.97 Å². The molecule has 0 radical (unpaired) electrons. The number of nitrogens with zero attached hydrogens (tertiary/aromatic N) is 2. The van der Waals surface area contributed by atoms with Crippen LogP contribution in [0.3, 0.4) is 0 Å². The summed E-state index contributed by atoms with van der Waals surface area (Å²) in [6, 6.07) is 0. The van der Waals surface area contributed by atoms with Gasteiger partial charge in [0, 0.05) is 6.42 Å². The quantitative estimate of drug-likeness (QED) is 0.582. The zero-order chi connectivity index (χ0) is 7.40. The number of aromatic amines is 1. The first-order chi connectivity index (χ1) is 4.79. The first kappa shape index (κ1) is 10.4. The number of hydrogen-bond donors (Lipinski definition) is 2. The number of rotatable bonds is 3. The SMILES string of the molecule is O=C(O)CCc1[c-]nn[nH]1.[Au+]. The van der Waals surface area contributed by atoms with E-state index in [0.29, 0.717) is 12.1 Å². The van der Waals surface area contributed by atoms with E-state index in [-0.39, 0.29) is 28.8 Å². The summed E-state index contributed by atoms with van der Waals surface area (Å²) >= 11 is 0. The number of carboxylic acid groups (broad SMARTS) is 1. The summed E-state index contributed by atoms with van der Waals surface area (Å²) in [6.45, 7) is 0. The van der Waals surface area contributed by atoms with Crippen molar-refractivity contribution in [3.8, 4) is 0 Å². The Morgan fingerprint density at radius 2 is 2.45 bits per heavy atom. The smallest absolute Gasteiger partial charge is 0.481 e. The molecule has 0 aliphatic heterocycles. The molecule has 6 heteroatoms. The van der Waals surface area contributed by atoms with Gasteiger partial charge in [0.2, 0.25) is 0 Å². The van der Waals surface area contributed by atoms with Crippen LogP contribution in [0, 0.1) is 6.20 Å². The molecule has 0 saturated carbocycles. The fraction of sp³-hybridized carbons (Fsp3) is 0.400. The number of aromatic nitrogens is 3. The number of carboxylic acids is 1. The van der Waals surface area contributed by atoms with E-state index in [0.717, 1.165) is 0 Å². The number of nitrogens with one attached hydrogen (secondary N) is 1. The normalized spacial score (nSPS) is 8.73. The molecule has 1 aromatic rings. The number of carbonyl (C=O) groups is 1. The second-order valence-electron chi connectivity index (χ2n) is 1.80. The van der Waals surface area contributed by atoms with Gasteiger partial charge in [0.25, 0.3) is 0 Å². The molecule has 0 aromatic carbocycles. The van der Waals surface area contributed by atoms with E-state index < -0.39 is 5.97 Å². The fourth-order valence-corrected chi connectivity index (χ4v) is 0.539. The summed E-state index contributed by atoms with van der Waals surface area (Å²) in [5, 5.41) is 17.5. The van der Waals surface area contributed by atoms with Crippen LogP contribution < -0.4 is 0 Å². The molecular formula is C5H6AuN3O2. The first-order valence-electron chi connectivity index (χ1n) is 2.78. The molecule has 0 amide bonds. The maximum Gasteiger partial charge on any atom is 1.00 e. The van der Waals surface area contributed by atoms with E-state index in [1.165, 1.54) is 0 Å². The zero-order valence-electron chi connectivity index (χ0n) is 5.47. The summed E-state index contributed by atoms with van der Waals surface area (Å²) in [4.78, 5) is 10.0. The van der Waals surface area contributed by atoms with Crippen LogP contribution in [0.1, 0.15) is 12.1 Å².